The first-order chi connectivity index (χ1) is 9.70. The minimum Gasteiger partial charge on any atom is -0.466 e. The van der Waals surface area contributed by atoms with Gasteiger partial charge in [0.25, 0.3) is 0 Å². The Morgan fingerprint density at radius 2 is 2.15 bits per heavy atom. The summed E-state index contributed by atoms with van der Waals surface area (Å²) in [6.07, 6.45) is 1.93. The quantitative estimate of drug-likeness (QED) is 0.848. The molecule has 20 heavy (non-hydrogen) atoms. The topological polar surface area (TPSA) is 65.2 Å². The lowest BCUT2D eigenvalue weighted by molar-refractivity contribution is -0.143. The fraction of sp³-hybridized carbons (Fsp3) is 0.250. The van der Waals surface area contributed by atoms with Gasteiger partial charge in [0.05, 0.1) is 18.7 Å². The van der Waals surface area contributed by atoms with E-state index in [9.17, 15) is 4.79 Å². The van der Waals surface area contributed by atoms with Crippen LogP contribution in [0.15, 0.2) is 48.7 Å². The number of carbonyl (C=O) groups excluding carboxylic acids is 1. The largest absolute Gasteiger partial charge is 0.466 e. The molecule has 0 amide bonds. The van der Waals surface area contributed by atoms with Crippen molar-refractivity contribution in [3.63, 3.8) is 0 Å². The van der Waals surface area contributed by atoms with E-state index in [1.165, 1.54) is 0 Å². The molecule has 4 heteroatoms. The molecular formula is C16H18N2O2. The summed E-state index contributed by atoms with van der Waals surface area (Å²) in [7, 11) is 0. The second-order valence-electron chi connectivity index (χ2n) is 4.46. The average Bonchev–Trinajstić information content (AvgIpc) is 2.48. The van der Waals surface area contributed by atoms with Gasteiger partial charge >= 0.3 is 5.97 Å². The van der Waals surface area contributed by atoms with Gasteiger partial charge in [0, 0.05) is 17.8 Å². The number of benzene rings is 1. The van der Waals surface area contributed by atoms with Crippen molar-refractivity contribution < 1.29 is 9.53 Å². The number of esters is 1. The maximum Gasteiger partial charge on any atom is 0.307 e. The molecule has 2 N–H and O–H groups in total. The number of rotatable bonds is 5. The Hall–Kier alpha value is -2.20. The highest BCUT2D eigenvalue weighted by Crippen LogP contribution is 2.22. The molecule has 0 aliphatic heterocycles. The molecule has 0 spiro atoms. The average molecular weight is 270 g/mol. The lowest BCUT2D eigenvalue weighted by Gasteiger charge is -2.12. The first kappa shape index (κ1) is 14.2. The molecule has 104 valence electrons. The molecular weight excluding hydrogens is 252 g/mol. The van der Waals surface area contributed by atoms with E-state index in [0.29, 0.717) is 6.61 Å². The number of ether oxygens (including phenoxy) is 1. The van der Waals surface area contributed by atoms with Crippen LogP contribution in [0.1, 0.15) is 24.9 Å². The SMILES string of the molecule is CCOC(=O)CC(N)c1cccc(-c2ccccn2)c1. The number of aromatic nitrogens is 1. The van der Waals surface area contributed by atoms with Crippen molar-refractivity contribution in [2.24, 2.45) is 5.73 Å². The van der Waals surface area contributed by atoms with Crippen molar-refractivity contribution in [1.29, 1.82) is 0 Å². The number of nitrogens with two attached hydrogens (primary N) is 1. The molecule has 1 aromatic carbocycles. The lowest BCUT2D eigenvalue weighted by atomic mass is 10.0. The van der Waals surface area contributed by atoms with Crippen LogP contribution in [0, 0.1) is 0 Å². The Labute approximate surface area is 118 Å². The van der Waals surface area contributed by atoms with Crippen LogP contribution in [0.2, 0.25) is 0 Å². The highest BCUT2D eigenvalue weighted by atomic mass is 16.5. The van der Waals surface area contributed by atoms with Gasteiger partial charge in [-0.15, -0.1) is 0 Å². The molecule has 0 saturated carbocycles. The Balaban J connectivity index is 2.15. The van der Waals surface area contributed by atoms with E-state index >= 15 is 0 Å². The van der Waals surface area contributed by atoms with Crippen LogP contribution in [-0.2, 0) is 9.53 Å². The highest BCUT2D eigenvalue weighted by Gasteiger charge is 2.13. The third kappa shape index (κ3) is 3.65. The Bertz CT molecular complexity index is 570. The first-order valence-electron chi connectivity index (χ1n) is 6.63. The Morgan fingerprint density at radius 1 is 1.30 bits per heavy atom. The Morgan fingerprint density at radius 3 is 2.85 bits per heavy atom. The fourth-order valence-corrected chi connectivity index (χ4v) is 1.98. The number of nitrogens with zero attached hydrogens (tertiary/aromatic N) is 1. The second kappa shape index (κ2) is 6.82. The summed E-state index contributed by atoms with van der Waals surface area (Å²) < 4.78 is 4.92. The van der Waals surface area contributed by atoms with Crippen LogP contribution in [0.3, 0.4) is 0 Å². The van der Waals surface area contributed by atoms with Crippen molar-refractivity contribution in [3.05, 3.63) is 54.2 Å². The number of hydrogen-bond donors (Lipinski definition) is 1. The second-order valence-corrected chi connectivity index (χ2v) is 4.46. The molecule has 1 unspecified atom stereocenters. The number of carbonyl (C=O) groups is 1. The summed E-state index contributed by atoms with van der Waals surface area (Å²) in [5, 5.41) is 0. The summed E-state index contributed by atoms with van der Waals surface area (Å²) in [5.74, 6) is -0.275. The lowest BCUT2D eigenvalue weighted by Crippen LogP contribution is -2.17. The van der Waals surface area contributed by atoms with Gasteiger partial charge in [0.2, 0.25) is 0 Å². The molecule has 2 aromatic rings. The molecule has 0 aliphatic carbocycles. The smallest absolute Gasteiger partial charge is 0.307 e. The zero-order valence-corrected chi connectivity index (χ0v) is 11.5. The van der Waals surface area contributed by atoms with Crippen LogP contribution in [0.5, 0.6) is 0 Å². The van der Waals surface area contributed by atoms with Crippen molar-refractivity contribution in [2.45, 2.75) is 19.4 Å². The van der Waals surface area contributed by atoms with Gasteiger partial charge in [-0.1, -0.05) is 24.3 Å². The third-order valence-electron chi connectivity index (χ3n) is 2.97. The predicted molar refractivity (Wildman–Crippen MR) is 77.9 cm³/mol. The van der Waals surface area contributed by atoms with Gasteiger partial charge in [-0.3, -0.25) is 9.78 Å². The van der Waals surface area contributed by atoms with Crippen LogP contribution in [0.4, 0.5) is 0 Å². The predicted octanol–water partition coefficient (Wildman–Crippen LogP) is 2.70. The molecule has 0 aliphatic rings. The number of hydrogen-bond acceptors (Lipinski definition) is 4. The molecule has 0 saturated heterocycles. The van der Waals surface area contributed by atoms with Gasteiger partial charge in [0.1, 0.15) is 0 Å². The van der Waals surface area contributed by atoms with Gasteiger partial charge in [-0.2, -0.15) is 0 Å². The van der Waals surface area contributed by atoms with Gasteiger partial charge in [-0.05, 0) is 30.7 Å². The zero-order valence-electron chi connectivity index (χ0n) is 11.5. The van der Waals surface area contributed by atoms with Crippen LogP contribution < -0.4 is 5.73 Å². The monoisotopic (exact) mass is 270 g/mol. The molecule has 2 rings (SSSR count). The minimum atomic E-state index is -0.363. The van der Waals surface area contributed by atoms with Gasteiger partial charge < -0.3 is 10.5 Å². The highest BCUT2D eigenvalue weighted by molar-refractivity contribution is 5.70. The standard InChI is InChI=1S/C16H18N2O2/c1-2-20-16(19)11-14(17)12-6-5-7-13(10-12)15-8-3-4-9-18-15/h3-10,14H,2,11,17H2,1H3. The molecule has 1 aromatic heterocycles. The van der Waals surface area contributed by atoms with Crippen molar-refractivity contribution >= 4 is 5.97 Å². The van der Waals surface area contributed by atoms with Crippen molar-refractivity contribution in [3.8, 4) is 11.3 Å². The summed E-state index contributed by atoms with van der Waals surface area (Å²) in [6, 6.07) is 13.2. The van der Waals surface area contributed by atoms with E-state index < -0.39 is 0 Å². The van der Waals surface area contributed by atoms with E-state index in [4.69, 9.17) is 10.5 Å². The van der Waals surface area contributed by atoms with E-state index in [1.54, 1.807) is 13.1 Å². The first-order valence-corrected chi connectivity index (χ1v) is 6.63. The minimum absolute atomic E-state index is 0.180. The summed E-state index contributed by atoms with van der Waals surface area (Å²) in [5.41, 5.74) is 8.83. The third-order valence-corrected chi connectivity index (χ3v) is 2.97. The maximum absolute atomic E-state index is 11.5. The summed E-state index contributed by atoms with van der Waals surface area (Å²) in [6.45, 7) is 2.16. The van der Waals surface area contributed by atoms with E-state index in [1.807, 2.05) is 42.5 Å². The van der Waals surface area contributed by atoms with E-state index in [2.05, 4.69) is 4.98 Å². The van der Waals surface area contributed by atoms with Gasteiger partial charge in [-0.25, -0.2) is 0 Å². The zero-order chi connectivity index (χ0) is 14.4. The van der Waals surface area contributed by atoms with Gasteiger partial charge in [0.15, 0.2) is 0 Å². The normalized spacial score (nSPS) is 11.9. The molecule has 0 fully saturated rings. The van der Waals surface area contributed by atoms with E-state index in [-0.39, 0.29) is 18.4 Å². The van der Waals surface area contributed by atoms with Crippen LogP contribution >= 0.6 is 0 Å². The molecule has 0 bridgehead atoms. The van der Waals surface area contributed by atoms with Crippen molar-refractivity contribution in [1.82, 2.24) is 4.98 Å². The van der Waals surface area contributed by atoms with Crippen LogP contribution in [0.25, 0.3) is 11.3 Å². The maximum atomic E-state index is 11.5. The Kier molecular flexibility index (Phi) is 4.85. The molecule has 1 atom stereocenters. The fourth-order valence-electron chi connectivity index (χ4n) is 1.98. The van der Waals surface area contributed by atoms with E-state index in [0.717, 1.165) is 16.8 Å². The molecule has 0 radical (unpaired) electrons. The molecule has 1 heterocycles. The van der Waals surface area contributed by atoms with Crippen molar-refractivity contribution in [2.75, 3.05) is 6.61 Å². The summed E-state index contributed by atoms with van der Waals surface area (Å²) >= 11 is 0. The molecule has 4 nitrogen and oxygen atoms in total. The number of pyridine rings is 1. The van der Waals surface area contributed by atoms with Crippen LogP contribution in [-0.4, -0.2) is 17.6 Å². The summed E-state index contributed by atoms with van der Waals surface area (Å²) in [4.78, 5) is 15.8.